The van der Waals surface area contributed by atoms with Gasteiger partial charge in [0.05, 0.1) is 12.2 Å². The van der Waals surface area contributed by atoms with Crippen molar-refractivity contribution < 1.29 is 9.90 Å². The van der Waals surface area contributed by atoms with Gasteiger partial charge in [0.25, 0.3) is 0 Å². The molecule has 1 N–H and O–H groups in total. The number of benzene rings is 2. The number of hydrogen-bond donors (Lipinski definition) is 1. The molecule has 1 atom stereocenters. The van der Waals surface area contributed by atoms with Gasteiger partial charge < -0.3 is 10.0 Å². The molecule has 2 aromatic carbocycles. The van der Waals surface area contributed by atoms with Crippen LogP contribution in [0.15, 0.2) is 58.3 Å². The van der Waals surface area contributed by atoms with Crippen LogP contribution in [-0.2, 0) is 10.2 Å². The van der Waals surface area contributed by atoms with E-state index in [9.17, 15) is 4.79 Å². The minimum atomic E-state index is -0.755. The quantitative estimate of drug-likeness (QED) is 0.789. The first kappa shape index (κ1) is 20.7. The summed E-state index contributed by atoms with van der Waals surface area (Å²) in [7, 11) is 0. The third-order valence-corrected chi connectivity index (χ3v) is 6.33. The topological polar surface area (TPSA) is 43.8 Å². The van der Waals surface area contributed by atoms with Crippen molar-refractivity contribution in [2.45, 2.75) is 48.9 Å². The number of carboxylic acids is 1. The molecule has 3 rings (SSSR count). The molecule has 1 fully saturated rings. The van der Waals surface area contributed by atoms with Gasteiger partial charge in [0, 0.05) is 35.5 Å². The minimum absolute atomic E-state index is 0.117. The third kappa shape index (κ3) is 5.09. The number of carbonyl (C=O) groups is 1. The first-order chi connectivity index (χ1) is 13.2. The smallest absolute Gasteiger partial charge is 0.317 e. The fraction of sp³-hybridized carbons (Fsp3) is 0.435. The van der Waals surface area contributed by atoms with Crippen LogP contribution in [0, 0.1) is 0 Å². The summed E-state index contributed by atoms with van der Waals surface area (Å²) < 4.78 is 0. The highest BCUT2D eigenvalue weighted by Gasteiger charge is 2.26. The van der Waals surface area contributed by atoms with Crippen LogP contribution in [0.25, 0.3) is 0 Å². The lowest BCUT2D eigenvalue weighted by Crippen LogP contribution is -2.53. The van der Waals surface area contributed by atoms with E-state index in [2.05, 4.69) is 81.1 Å². The summed E-state index contributed by atoms with van der Waals surface area (Å²) >= 11 is 1.79. The Balaban J connectivity index is 1.74. The van der Waals surface area contributed by atoms with Crippen molar-refractivity contribution in [1.29, 1.82) is 0 Å². The van der Waals surface area contributed by atoms with Crippen LogP contribution in [0.4, 0.5) is 5.69 Å². The van der Waals surface area contributed by atoms with Crippen LogP contribution in [-0.4, -0.2) is 48.2 Å². The lowest BCUT2D eigenvalue weighted by Gasteiger charge is -2.40. The summed E-state index contributed by atoms with van der Waals surface area (Å²) in [6.07, 6.45) is 0. The third-order valence-electron chi connectivity index (χ3n) is 5.26. The van der Waals surface area contributed by atoms with Gasteiger partial charge in [-0.05, 0) is 42.2 Å². The van der Waals surface area contributed by atoms with Crippen molar-refractivity contribution in [2.75, 3.05) is 31.1 Å². The maximum Gasteiger partial charge on any atom is 0.317 e. The predicted octanol–water partition coefficient (Wildman–Crippen LogP) is 4.73. The van der Waals surface area contributed by atoms with E-state index in [1.54, 1.807) is 11.8 Å². The molecule has 28 heavy (non-hydrogen) atoms. The summed E-state index contributed by atoms with van der Waals surface area (Å²) in [6.45, 7) is 11.4. The van der Waals surface area contributed by atoms with Crippen molar-refractivity contribution in [1.82, 2.24) is 4.90 Å². The van der Waals surface area contributed by atoms with E-state index in [0.717, 1.165) is 19.6 Å². The van der Waals surface area contributed by atoms with E-state index in [4.69, 9.17) is 5.11 Å². The lowest BCUT2D eigenvalue weighted by molar-refractivity contribution is -0.138. The Labute approximate surface area is 172 Å². The Morgan fingerprint density at radius 1 is 1.11 bits per heavy atom. The Bertz CT molecular complexity index is 814. The standard InChI is InChI=1S/C23H30N2O2S/c1-17-15-25(14-13-24(17)16-22(26)27)20-7-5-6-8-21(20)28-19-11-9-18(10-12-19)23(2,3)4/h5-12,17H,13-16H2,1-4H3,(H,26,27). The largest absolute Gasteiger partial charge is 0.480 e. The van der Waals surface area contributed by atoms with E-state index < -0.39 is 5.97 Å². The van der Waals surface area contributed by atoms with Gasteiger partial charge in [0.2, 0.25) is 0 Å². The number of carboxylic acid groups (broad SMARTS) is 1. The Kier molecular flexibility index (Phi) is 6.36. The van der Waals surface area contributed by atoms with Gasteiger partial charge in [-0.2, -0.15) is 0 Å². The Morgan fingerprint density at radius 3 is 2.39 bits per heavy atom. The van der Waals surface area contributed by atoms with E-state index in [0.29, 0.717) is 0 Å². The summed E-state index contributed by atoms with van der Waals surface area (Å²) in [6, 6.07) is 17.6. The molecule has 150 valence electrons. The summed E-state index contributed by atoms with van der Waals surface area (Å²) in [4.78, 5) is 17.9. The molecule has 0 amide bonds. The highest BCUT2D eigenvalue weighted by molar-refractivity contribution is 7.99. The zero-order valence-electron chi connectivity index (χ0n) is 17.2. The highest BCUT2D eigenvalue weighted by atomic mass is 32.2. The number of aliphatic carboxylic acids is 1. The van der Waals surface area contributed by atoms with Crippen LogP contribution in [0.5, 0.6) is 0 Å². The first-order valence-corrected chi connectivity index (χ1v) is 10.6. The van der Waals surface area contributed by atoms with Gasteiger partial charge >= 0.3 is 5.97 Å². The molecule has 1 aliphatic rings. The average Bonchev–Trinajstić information content (AvgIpc) is 2.63. The van der Waals surface area contributed by atoms with Gasteiger partial charge in [-0.3, -0.25) is 9.69 Å². The predicted molar refractivity (Wildman–Crippen MR) is 117 cm³/mol. The Morgan fingerprint density at radius 2 is 1.79 bits per heavy atom. The number of hydrogen-bond acceptors (Lipinski definition) is 4. The summed E-state index contributed by atoms with van der Waals surface area (Å²) in [5.41, 5.74) is 2.73. The van der Waals surface area contributed by atoms with E-state index in [1.807, 2.05) is 4.90 Å². The second kappa shape index (κ2) is 8.58. The number of anilines is 1. The Hall–Kier alpha value is -1.98. The van der Waals surface area contributed by atoms with E-state index in [-0.39, 0.29) is 18.0 Å². The number of para-hydroxylation sites is 1. The number of piperazine rings is 1. The van der Waals surface area contributed by atoms with Crippen LogP contribution in [0.1, 0.15) is 33.3 Å². The molecular weight excluding hydrogens is 368 g/mol. The van der Waals surface area contributed by atoms with Crippen LogP contribution >= 0.6 is 11.8 Å². The summed E-state index contributed by atoms with van der Waals surface area (Å²) in [5.74, 6) is -0.755. The van der Waals surface area contributed by atoms with Crippen LogP contribution in [0.2, 0.25) is 0 Å². The van der Waals surface area contributed by atoms with Gasteiger partial charge in [0.1, 0.15) is 0 Å². The van der Waals surface area contributed by atoms with Crippen molar-refractivity contribution >= 4 is 23.4 Å². The molecule has 0 bridgehead atoms. The molecule has 1 unspecified atom stereocenters. The zero-order valence-corrected chi connectivity index (χ0v) is 18.0. The monoisotopic (exact) mass is 398 g/mol. The molecule has 0 aromatic heterocycles. The highest BCUT2D eigenvalue weighted by Crippen LogP contribution is 2.37. The molecule has 0 radical (unpaired) electrons. The first-order valence-electron chi connectivity index (χ1n) is 9.82. The number of nitrogens with zero attached hydrogens (tertiary/aromatic N) is 2. The van der Waals surface area contributed by atoms with E-state index in [1.165, 1.54) is 21.0 Å². The molecule has 1 aliphatic heterocycles. The van der Waals surface area contributed by atoms with Crippen LogP contribution < -0.4 is 4.90 Å². The maximum absolute atomic E-state index is 11.0. The van der Waals surface area contributed by atoms with Gasteiger partial charge in [0.15, 0.2) is 0 Å². The maximum atomic E-state index is 11.0. The summed E-state index contributed by atoms with van der Waals surface area (Å²) in [5, 5.41) is 9.09. The SMILES string of the molecule is CC1CN(c2ccccc2Sc2ccc(C(C)(C)C)cc2)CCN1CC(=O)O. The minimum Gasteiger partial charge on any atom is -0.480 e. The van der Waals surface area contributed by atoms with Crippen molar-refractivity contribution in [2.24, 2.45) is 0 Å². The van der Waals surface area contributed by atoms with Crippen molar-refractivity contribution in [3.8, 4) is 0 Å². The second-order valence-electron chi connectivity index (χ2n) is 8.50. The van der Waals surface area contributed by atoms with Gasteiger partial charge in [-0.1, -0.05) is 56.8 Å². The normalized spacial score (nSPS) is 18.3. The van der Waals surface area contributed by atoms with Crippen LogP contribution in [0.3, 0.4) is 0 Å². The molecule has 0 spiro atoms. The van der Waals surface area contributed by atoms with Gasteiger partial charge in [-0.15, -0.1) is 0 Å². The molecular formula is C23H30N2O2S. The molecule has 5 heteroatoms. The molecule has 4 nitrogen and oxygen atoms in total. The molecule has 0 aliphatic carbocycles. The fourth-order valence-corrected chi connectivity index (χ4v) is 4.55. The molecule has 2 aromatic rings. The average molecular weight is 399 g/mol. The van der Waals surface area contributed by atoms with Crippen molar-refractivity contribution in [3.05, 3.63) is 54.1 Å². The van der Waals surface area contributed by atoms with Crippen molar-refractivity contribution in [3.63, 3.8) is 0 Å². The fourth-order valence-electron chi connectivity index (χ4n) is 3.58. The zero-order chi connectivity index (χ0) is 20.3. The second-order valence-corrected chi connectivity index (χ2v) is 9.62. The lowest BCUT2D eigenvalue weighted by atomic mass is 9.87. The molecule has 1 saturated heterocycles. The molecule has 0 saturated carbocycles. The molecule has 1 heterocycles. The number of rotatable bonds is 5. The van der Waals surface area contributed by atoms with Gasteiger partial charge in [-0.25, -0.2) is 0 Å². The van der Waals surface area contributed by atoms with E-state index >= 15 is 0 Å².